The molecule has 0 N–H and O–H groups in total. The van der Waals surface area contributed by atoms with Crippen LogP contribution in [0.4, 0.5) is 0 Å². The van der Waals surface area contributed by atoms with Crippen molar-refractivity contribution in [2.24, 2.45) is 0 Å². The van der Waals surface area contributed by atoms with Gasteiger partial charge in [0.05, 0.1) is 17.5 Å². The molecule has 1 unspecified atom stereocenters. The summed E-state index contributed by atoms with van der Waals surface area (Å²) in [6.07, 6.45) is 7.41. The number of benzene rings is 1. The van der Waals surface area contributed by atoms with Crippen LogP contribution in [-0.4, -0.2) is 49.2 Å². The van der Waals surface area contributed by atoms with Crippen molar-refractivity contribution in [3.05, 3.63) is 72.7 Å². The molecule has 0 saturated carbocycles. The molecule has 10 heteroatoms. The van der Waals surface area contributed by atoms with E-state index in [1.807, 2.05) is 35.0 Å². The van der Waals surface area contributed by atoms with Crippen molar-refractivity contribution in [3.8, 4) is 23.0 Å². The summed E-state index contributed by atoms with van der Waals surface area (Å²) in [6.45, 7) is 6.68. The van der Waals surface area contributed by atoms with Crippen LogP contribution in [0.25, 0.3) is 17.2 Å². The first-order chi connectivity index (χ1) is 16.7. The Bertz CT molecular complexity index is 1400. The van der Waals surface area contributed by atoms with Gasteiger partial charge in [0.2, 0.25) is 0 Å². The number of imidazole rings is 1. The van der Waals surface area contributed by atoms with Crippen molar-refractivity contribution in [1.29, 1.82) is 0 Å². The molecule has 5 rings (SSSR count). The molecule has 0 aliphatic carbocycles. The van der Waals surface area contributed by atoms with Crippen LogP contribution in [0.15, 0.2) is 61.3 Å². The van der Waals surface area contributed by atoms with Crippen LogP contribution in [0.3, 0.4) is 0 Å². The minimum Gasteiger partial charge on any atom is -0.486 e. The van der Waals surface area contributed by atoms with Crippen molar-refractivity contribution in [2.45, 2.75) is 45.3 Å². The third kappa shape index (κ3) is 5.12. The maximum absolute atomic E-state index is 12.1. The molecule has 0 amide bonds. The second-order valence-electron chi connectivity index (χ2n) is 9.79. The average Bonchev–Trinajstić information content (AvgIpc) is 3.57. The Balaban J connectivity index is 1.41. The second-order valence-corrected chi connectivity index (χ2v) is 12.0. The van der Waals surface area contributed by atoms with E-state index in [-0.39, 0.29) is 29.6 Å². The number of ether oxygens (including phenoxy) is 1. The van der Waals surface area contributed by atoms with Crippen LogP contribution in [0, 0.1) is 0 Å². The lowest BCUT2D eigenvalue weighted by atomic mass is 9.87. The second kappa shape index (κ2) is 8.92. The highest BCUT2D eigenvalue weighted by atomic mass is 32.2. The average molecular weight is 493 g/mol. The number of aromatic nitrogens is 6. The minimum absolute atomic E-state index is 0.0540. The number of nitrogens with zero attached hydrogens (tertiary/aromatic N) is 6. The Hall–Kier alpha value is -3.53. The van der Waals surface area contributed by atoms with Gasteiger partial charge in [-0.25, -0.2) is 28.1 Å². The summed E-state index contributed by atoms with van der Waals surface area (Å²) in [5.74, 6) is 2.73. The summed E-state index contributed by atoms with van der Waals surface area (Å²) in [5.41, 5.74) is 2.05. The number of rotatable bonds is 6. The molecule has 1 aliphatic rings. The van der Waals surface area contributed by atoms with Crippen molar-refractivity contribution >= 4 is 9.84 Å². The fraction of sp³-hybridized carbons (Fsp3) is 0.360. The zero-order valence-corrected chi connectivity index (χ0v) is 20.8. The Labute approximate surface area is 204 Å². The van der Waals surface area contributed by atoms with Gasteiger partial charge in [-0.2, -0.15) is 5.10 Å². The molecule has 1 atom stereocenters. The first-order valence-electron chi connectivity index (χ1n) is 11.5. The number of pyridine rings is 1. The fourth-order valence-corrected chi connectivity index (χ4v) is 5.81. The molecule has 1 fully saturated rings. The van der Waals surface area contributed by atoms with E-state index in [2.05, 4.69) is 48.0 Å². The Morgan fingerprint density at radius 2 is 1.91 bits per heavy atom. The zero-order valence-electron chi connectivity index (χ0n) is 20.0. The maximum atomic E-state index is 12.1. The van der Waals surface area contributed by atoms with E-state index in [1.165, 1.54) is 5.56 Å². The third-order valence-corrected chi connectivity index (χ3v) is 7.84. The Morgan fingerprint density at radius 3 is 2.51 bits per heavy atom. The summed E-state index contributed by atoms with van der Waals surface area (Å²) in [4.78, 5) is 13.3. The van der Waals surface area contributed by atoms with E-state index in [0.717, 1.165) is 17.1 Å². The summed E-state index contributed by atoms with van der Waals surface area (Å²) in [5, 5.41) is 4.65. The van der Waals surface area contributed by atoms with E-state index < -0.39 is 9.84 Å². The van der Waals surface area contributed by atoms with Crippen molar-refractivity contribution < 1.29 is 13.2 Å². The van der Waals surface area contributed by atoms with Crippen LogP contribution in [-0.2, 0) is 21.9 Å². The van der Waals surface area contributed by atoms with Crippen LogP contribution in [0.1, 0.15) is 44.6 Å². The lowest BCUT2D eigenvalue weighted by molar-refractivity contribution is 0.294. The quantitative estimate of drug-likeness (QED) is 0.403. The SMILES string of the molecule is CC(C)(C)c1ccc(OCc2nc(-c3ccc(-n4ccnc4)nc3)n(C3CCS(=O)(=O)C3)n2)cc1. The third-order valence-electron chi connectivity index (χ3n) is 6.09. The standard InChI is InChI=1S/C25H28N6O3S/c1-25(2,3)19-5-7-21(8-6-19)34-15-22-28-24(31(29-22)20-10-13-35(32,33)16-20)18-4-9-23(27-14-18)30-12-11-26-17-30/h4-9,11-12,14,17,20H,10,13,15-16H2,1-3H3. The number of hydrogen-bond donors (Lipinski definition) is 0. The molecule has 1 aliphatic heterocycles. The molecular formula is C25H28N6O3S. The molecule has 0 spiro atoms. The van der Waals surface area contributed by atoms with Gasteiger partial charge in [-0.1, -0.05) is 32.9 Å². The highest BCUT2D eigenvalue weighted by molar-refractivity contribution is 7.91. The van der Waals surface area contributed by atoms with E-state index in [9.17, 15) is 8.42 Å². The van der Waals surface area contributed by atoms with Crippen molar-refractivity contribution in [1.82, 2.24) is 29.3 Å². The van der Waals surface area contributed by atoms with Crippen molar-refractivity contribution in [3.63, 3.8) is 0 Å². The molecule has 1 aromatic carbocycles. The highest BCUT2D eigenvalue weighted by Gasteiger charge is 2.32. The predicted molar refractivity (Wildman–Crippen MR) is 132 cm³/mol. The van der Waals surface area contributed by atoms with Gasteiger partial charge in [-0.05, 0) is 41.7 Å². The number of sulfone groups is 1. The first-order valence-corrected chi connectivity index (χ1v) is 13.3. The smallest absolute Gasteiger partial charge is 0.188 e. The summed E-state index contributed by atoms with van der Waals surface area (Å²) >= 11 is 0. The summed E-state index contributed by atoms with van der Waals surface area (Å²) in [6, 6.07) is 11.5. The molecule has 4 heterocycles. The molecule has 3 aromatic heterocycles. The fourth-order valence-electron chi connectivity index (χ4n) is 4.11. The normalized spacial score (nSPS) is 17.5. The van der Waals surface area contributed by atoms with E-state index in [1.54, 1.807) is 23.4 Å². The van der Waals surface area contributed by atoms with Gasteiger partial charge < -0.3 is 4.74 Å². The molecule has 1 saturated heterocycles. The summed E-state index contributed by atoms with van der Waals surface area (Å²) in [7, 11) is -3.09. The maximum Gasteiger partial charge on any atom is 0.188 e. The predicted octanol–water partition coefficient (Wildman–Crippen LogP) is 3.76. The van der Waals surface area contributed by atoms with Crippen LogP contribution in [0.2, 0.25) is 0 Å². The first kappa shape index (κ1) is 23.2. The largest absolute Gasteiger partial charge is 0.486 e. The van der Waals surface area contributed by atoms with Crippen LogP contribution < -0.4 is 4.74 Å². The molecular weight excluding hydrogens is 464 g/mol. The minimum atomic E-state index is -3.09. The molecule has 9 nitrogen and oxygen atoms in total. The zero-order chi connectivity index (χ0) is 24.6. The lowest BCUT2D eigenvalue weighted by Gasteiger charge is -2.19. The van der Waals surface area contributed by atoms with Gasteiger partial charge in [0.25, 0.3) is 0 Å². The van der Waals surface area contributed by atoms with Crippen LogP contribution in [0.5, 0.6) is 5.75 Å². The molecule has 182 valence electrons. The molecule has 4 aromatic rings. The van der Waals surface area contributed by atoms with E-state index in [0.29, 0.717) is 18.1 Å². The lowest BCUT2D eigenvalue weighted by Crippen LogP contribution is -2.14. The van der Waals surface area contributed by atoms with Gasteiger partial charge in [0.1, 0.15) is 24.5 Å². The highest BCUT2D eigenvalue weighted by Crippen LogP contribution is 2.29. The molecule has 0 bridgehead atoms. The van der Waals surface area contributed by atoms with Gasteiger partial charge in [-0.15, -0.1) is 0 Å². The van der Waals surface area contributed by atoms with E-state index in [4.69, 9.17) is 9.72 Å². The number of hydrogen-bond acceptors (Lipinski definition) is 7. The van der Waals surface area contributed by atoms with Gasteiger partial charge >= 0.3 is 0 Å². The molecule has 35 heavy (non-hydrogen) atoms. The topological polar surface area (TPSA) is 105 Å². The monoisotopic (exact) mass is 492 g/mol. The van der Waals surface area contributed by atoms with Gasteiger partial charge in [0, 0.05) is 24.2 Å². The Morgan fingerprint density at radius 1 is 1.11 bits per heavy atom. The summed E-state index contributed by atoms with van der Waals surface area (Å²) < 4.78 is 33.8. The molecule has 0 radical (unpaired) electrons. The Kier molecular flexibility index (Phi) is 5.92. The van der Waals surface area contributed by atoms with E-state index >= 15 is 0 Å². The van der Waals surface area contributed by atoms with Crippen molar-refractivity contribution in [2.75, 3.05) is 11.5 Å². The van der Waals surface area contributed by atoms with Gasteiger partial charge in [-0.3, -0.25) is 4.57 Å². The van der Waals surface area contributed by atoms with Gasteiger partial charge in [0.15, 0.2) is 21.5 Å². The van der Waals surface area contributed by atoms with Crippen LogP contribution >= 0.6 is 0 Å².